The summed E-state index contributed by atoms with van der Waals surface area (Å²) < 4.78 is 11.9. The van der Waals surface area contributed by atoms with E-state index in [0.717, 1.165) is 47.7 Å². The van der Waals surface area contributed by atoms with Crippen molar-refractivity contribution in [1.29, 1.82) is 0 Å². The molecule has 3 nitrogen and oxygen atoms in total. The molecule has 0 N–H and O–H groups in total. The minimum absolute atomic E-state index is 0.00162. The van der Waals surface area contributed by atoms with Gasteiger partial charge in [0.15, 0.2) is 13.1 Å². The predicted octanol–water partition coefficient (Wildman–Crippen LogP) is 8.57. The molecule has 4 heteroatoms. The Kier molecular flexibility index (Phi) is 10.8. The minimum Gasteiger partial charge on any atom is -0.467 e. The van der Waals surface area contributed by atoms with Crippen LogP contribution in [-0.4, -0.2) is 20.2 Å². The van der Waals surface area contributed by atoms with Crippen LogP contribution in [0.1, 0.15) is 120 Å². The van der Waals surface area contributed by atoms with Gasteiger partial charge in [-0.1, -0.05) is 113 Å². The van der Waals surface area contributed by atoms with Gasteiger partial charge in [-0.3, -0.25) is 4.79 Å². The molecule has 0 aliphatic carbocycles. The summed E-state index contributed by atoms with van der Waals surface area (Å²) in [5.74, 6) is 0.961. The standard InChI is InChI=1S/C32H49O3P/c1-11-13-14-17-32(12-2,36-28-16-15-23(3)18-24(28)21-33)27-20-25(30(4,5)6)19-26(31(7,8)9)29(27)35-22-34-10/h15-16,18-21,36H,11-14,17,22H2,1-10H3. The topological polar surface area (TPSA) is 35.5 Å². The predicted molar refractivity (Wildman–Crippen MR) is 157 cm³/mol. The number of carbonyl (C=O) groups excluding carboxylic acids is 1. The van der Waals surface area contributed by atoms with Gasteiger partial charge >= 0.3 is 0 Å². The van der Waals surface area contributed by atoms with E-state index >= 15 is 0 Å². The molecule has 2 atom stereocenters. The second-order valence-corrected chi connectivity index (χ2v) is 13.9. The Hall–Kier alpha value is -1.70. The number of unbranched alkanes of at least 4 members (excludes halogenated alkanes) is 2. The lowest BCUT2D eigenvalue weighted by Gasteiger charge is -2.39. The molecule has 0 spiro atoms. The van der Waals surface area contributed by atoms with Gasteiger partial charge in [0.2, 0.25) is 0 Å². The van der Waals surface area contributed by atoms with Crippen LogP contribution in [0, 0.1) is 6.92 Å². The van der Waals surface area contributed by atoms with E-state index in [1.165, 1.54) is 29.5 Å². The van der Waals surface area contributed by atoms with Crippen LogP contribution in [0.25, 0.3) is 0 Å². The van der Waals surface area contributed by atoms with Gasteiger partial charge in [-0.2, -0.15) is 0 Å². The van der Waals surface area contributed by atoms with E-state index < -0.39 is 0 Å². The molecule has 0 heterocycles. The molecule has 0 radical (unpaired) electrons. The lowest BCUT2D eigenvalue weighted by Crippen LogP contribution is -2.28. The van der Waals surface area contributed by atoms with Gasteiger partial charge in [0.05, 0.1) is 0 Å². The van der Waals surface area contributed by atoms with Crippen molar-refractivity contribution in [3.63, 3.8) is 0 Å². The molecule has 0 saturated heterocycles. The van der Waals surface area contributed by atoms with Gasteiger partial charge in [-0.05, 0) is 47.5 Å². The number of ether oxygens (including phenoxy) is 2. The van der Waals surface area contributed by atoms with Crippen LogP contribution in [0.3, 0.4) is 0 Å². The summed E-state index contributed by atoms with van der Waals surface area (Å²) in [7, 11) is 2.14. The normalized spacial score (nSPS) is 14.3. The first-order chi connectivity index (χ1) is 16.8. The fourth-order valence-corrected chi connectivity index (χ4v) is 6.55. The number of rotatable bonds is 12. The molecule has 2 unspecified atom stereocenters. The van der Waals surface area contributed by atoms with Crippen molar-refractivity contribution in [2.45, 2.75) is 110 Å². The summed E-state index contributed by atoms with van der Waals surface area (Å²) in [5.41, 5.74) is 5.65. The summed E-state index contributed by atoms with van der Waals surface area (Å²) in [6.45, 7) is 20.4. The van der Waals surface area contributed by atoms with Crippen LogP contribution in [0.4, 0.5) is 0 Å². The van der Waals surface area contributed by atoms with Gasteiger partial charge in [0.25, 0.3) is 0 Å². The van der Waals surface area contributed by atoms with E-state index in [-0.39, 0.29) is 22.8 Å². The second-order valence-electron chi connectivity index (χ2n) is 12.2. The van der Waals surface area contributed by atoms with E-state index in [4.69, 9.17) is 9.47 Å². The lowest BCUT2D eigenvalue weighted by molar-refractivity contribution is 0.0485. The van der Waals surface area contributed by atoms with Crippen molar-refractivity contribution in [3.8, 4) is 5.75 Å². The molecule has 2 aromatic carbocycles. The highest BCUT2D eigenvalue weighted by Crippen LogP contribution is 2.54. The van der Waals surface area contributed by atoms with E-state index in [1.807, 2.05) is 13.0 Å². The quantitative estimate of drug-likeness (QED) is 0.124. The molecule has 2 aromatic rings. The van der Waals surface area contributed by atoms with Crippen LogP contribution in [0.15, 0.2) is 30.3 Å². The summed E-state index contributed by atoms with van der Waals surface area (Å²) in [4.78, 5) is 12.1. The zero-order valence-electron chi connectivity index (χ0n) is 24.4. The molecular formula is C32H49O3P. The molecule has 0 saturated carbocycles. The molecule has 2 rings (SSSR count). The first-order valence-corrected chi connectivity index (χ1v) is 14.5. The van der Waals surface area contributed by atoms with Crippen LogP contribution >= 0.6 is 8.58 Å². The molecule has 200 valence electrons. The Balaban J connectivity index is 2.92. The van der Waals surface area contributed by atoms with E-state index in [0.29, 0.717) is 8.58 Å². The number of methoxy groups -OCH3 is 1. The number of aldehydes is 1. The third-order valence-electron chi connectivity index (χ3n) is 7.12. The van der Waals surface area contributed by atoms with E-state index in [1.54, 1.807) is 7.11 Å². The molecule has 0 aliphatic rings. The largest absolute Gasteiger partial charge is 0.467 e. The lowest BCUT2D eigenvalue weighted by atomic mass is 9.76. The summed E-state index contributed by atoms with van der Waals surface area (Å²) in [6, 6.07) is 11.1. The fourth-order valence-electron chi connectivity index (χ4n) is 4.80. The summed E-state index contributed by atoms with van der Waals surface area (Å²) in [6.07, 6.45) is 6.57. The maximum Gasteiger partial charge on any atom is 0.188 e. The summed E-state index contributed by atoms with van der Waals surface area (Å²) >= 11 is 0. The minimum atomic E-state index is -0.132. The average molecular weight is 513 g/mol. The average Bonchev–Trinajstić information content (AvgIpc) is 2.81. The number of carbonyl (C=O) groups is 1. The van der Waals surface area contributed by atoms with Crippen molar-refractivity contribution < 1.29 is 14.3 Å². The fraction of sp³-hybridized carbons (Fsp3) is 0.594. The SMILES string of the molecule is CCCCCC(CC)(Pc1ccc(C)cc1C=O)c1cc(C(C)(C)C)cc(C(C)(C)C)c1OCOC. The highest BCUT2D eigenvalue weighted by Gasteiger charge is 2.38. The first kappa shape index (κ1) is 30.5. The Morgan fingerprint density at radius 2 is 1.58 bits per heavy atom. The molecule has 0 aliphatic heterocycles. The molecule has 36 heavy (non-hydrogen) atoms. The monoisotopic (exact) mass is 512 g/mol. The van der Waals surface area contributed by atoms with Crippen LogP contribution in [0.5, 0.6) is 5.75 Å². The highest BCUT2D eigenvalue weighted by atomic mass is 31.1. The Morgan fingerprint density at radius 3 is 2.11 bits per heavy atom. The van der Waals surface area contributed by atoms with Crippen molar-refractivity contribution in [2.24, 2.45) is 0 Å². The number of benzene rings is 2. The van der Waals surface area contributed by atoms with Gasteiger partial charge in [0.1, 0.15) is 5.75 Å². The smallest absolute Gasteiger partial charge is 0.188 e. The van der Waals surface area contributed by atoms with Crippen LogP contribution in [-0.2, 0) is 20.7 Å². The third kappa shape index (κ3) is 7.42. The van der Waals surface area contributed by atoms with Crippen molar-refractivity contribution >= 4 is 20.2 Å². The van der Waals surface area contributed by atoms with Gasteiger partial charge in [-0.25, -0.2) is 0 Å². The molecule has 0 amide bonds. The Labute approximate surface area is 222 Å². The second kappa shape index (κ2) is 12.7. The Morgan fingerprint density at radius 1 is 0.917 bits per heavy atom. The number of hydrogen-bond acceptors (Lipinski definition) is 3. The zero-order chi connectivity index (χ0) is 27.1. The molecular weight excluding hydrogens is 463 g/mol. The van der Waals surface area contributed by atoms with Gasteiger partial charge < -0.3 is 9.47 Å². The van der Waals surface area contributed by atoms with E-state index in [9.17, 15) is 4.79 Å². The molecule has 0 bridgehead atoms. The van der Waals surface area contributed by atoms with Gasteiger partial charge in [0, 0.05) is 29.0 Å². The zero-order valence-corrected chi connectivity index (χ0v) is 25.4. The maximum atomic E-state index is 12.1. The molecule has 0 aromatic heterocycles. The maximum absolute atomic E-state index is 12.1. The van der Waals surface area contributed by atoms with Gasteiger partial charge in [-0.15, -0.1) is 0 Å². The number of hydrogen-bond donors (Lipinski definition) is 0. The van der Waals surface area contributed by atoms with Crippen molar-refractivity contribution in [2.75, 3.05) is 13.9 Å². The number of aryl methyl sites for hydroxylation is 1. The Bertz CT molecular complexity index is 1010. The third-order valence-corrected chi connectivity index (χ3v) is 9.19. The highest BCUT2D eigenvalue weighted by molar-refractivity contribution is 7.48. The van der Waals surface area contributed by atoms with Crippen LogP contribution < -0.4 is 10.0 Å². The van der Waals surface area contributed by atoms with E-state index in [2.05, 4.69) is 79.7 Å². The van der Waals surface area contributed by atoms with Crippen molar-refractivity contribution in [3.05, 3.63) is 58.1 Å². The first-order valence-electron chi connectivity index (χ1n) is 13.5. The summed E-state index contributed by atoms with van der Waals surface area (Å²) in [5, 5.41) is 1.01. The van der Waals surface area contributed by atoms with Crippen molar-refractivity contribution in [1.82, 2.24) is 0 Å². The van der Waals surface area contributed by atoms with Crippen LogP contribution in [0.2, 0.25) is 0 Å². The molecule has 0 fully saturated rings.